The summed E-state index contributed by atoms with van der Waals surface area (Å²) in [5.74, 6) is 0. The molecule has 0 saturated heterocycles. The smallest absolute Gasteiger partial charge is 0.00201 e. The number of hydrogen-bond acceptors (Lipinski definition) is 0. The topological polar surface area (TPSA) is 0 Å². The van der Waals surface area contributed by atoms with Crippen LogP contribution in [0.5, 0.6) is 0 Å². The molecule has 0 atom stereocenters. The normalized spacial score (nSPS) is 12.2. The largest absolute Gasteiger partial charge is 0.0616 e. The van der Waals surface area contributed by atoms with Gasteiger partial charge in [-0.25, -0.2) is 0 Å². The van der Waals surface area contributed by atoms with Crippen molar-refractivity contribution in [1.82, 2.24) is 0 Å². The van der Waals surface area contributed by atoms with Gasteiger partial charge in [0.25, 0.3) is 0 Å². The van der Waals surface area contributed by atoms with Gasteiger partial charge < -0.3 is 0 Å². The number of rotatable bonds is 1. The summed E-state index contributed by atoms with van der Waals surface area (Å²) in [6.45, 7) is 0. The lowest BCUT2D eigenvalue weighted by Gasteiger charge is -2.31. The molecule has 4 aromatic rings. The van der Waals surface area contributed by atoms with Crippen LogP contribution in [-0.4, -0.2) is 0 Å². The van der Waals surface area contributed by atoms with Crippen LogP contribution in [0.25, 0.3) is 55.6 Å². The summed E-state index contributed by atoms with van der Waals surface area (Å²) in [6, 6.07) is 30.8. The minimum Gasteiger partial charge on any atom is -0.0616 e. The molecule has 0 nitrogen and oxygen atoms in total. The number of benzene rings is 4. The van der Waals surface area contributed by atoms with E-state index in [1.807, 2.05) is 0 Å². The first-order valence-corrected chi connectivity index (χ1v) is 8.39. The quantitative estimate of drug-likeness (QED) is 0.319. The fourth-order valence-electron chi connectivity index (χ4n) is 4.33. The Bertz CT molecular complexity index is 1060. The van der Waals surface area contributed by atoms with Gasteiger partial charge in [-0.15, -0.1) is 0 Å². The molecule has 0 radical (unpaired) electrons. The molecule has 0 saturated carbocycles. The SMILES string of the molecule is c1ccc2c(c1)-c1cccc(-c3cccc4c3-c3ccccc3-4)c1-2. The van der Waals surface area contributed by atoms with Crippen LogP contribution in [0.1, 0.15) is 0 Å². The van der Waals surface area contributed by atoms with Crippen LogP contribution >= 0.6 is 0 Å². The van der Waals surface area contributed by atoms with E-state index in [0.29, 0.717) is 0 Å². The highest BCUT2D eigenvalue weighted by Gasteiger charge is 2.29. The summed E-state index contributed by atoms with van der Waals surface area (Å²) < 4.78 is 0. The van der Waals surface area contributed by atoms with Crippen molar-refractivity contribution < 1.29 is 0 Å². The maximum atomic E-state index is 2.27. The molecule has 0 spiro atoms. The van der Waals surface area contributed by atoms with Gasteiger partial charge >= 0.3 is 0 Å². The third-order valence-corrected chi connectivity index (χ3v) is 5.39. The zero-order valence-electron chi connectivity index (χ0n) is 13.1. The molecule has 0 heterocycles. The molecule has 6 rings (SSSR count). The third kappa shape index (κ3) is 1.35. The van der Waals surface area contributed by atoms with Crippen molar-refractivity contribution >= 4 is 0 Å². The summed E-state index contributed by atoms with van der Waals surface area (Å²) >= 11 is 0. The molecule has 4 aromatic carbocycles. The van der Waals surface area contributed by atoms with E-state index >= 15 is 0 Å². The highest BCUT2D eigenvalue weighted by molar-refractivity contribution is 6.14. The lowest BCUT2D eigenvalue weighted by molar-refractivity contribution is 1.48. The number of hydrogen-bond donors (Lipinski definition) is 0. The molecule has 0 heteroatoms. The summed E-state index contributed by atoms with van der Waals surface area (Å²) in [6.07, 6.45) is 0. The second-order valence-corrected chi connectivity index (χ2v) is 6.55. The molecular formula is C24H14. The molecule has 0 aliphatic heterocycles. The van der Waals surface area contributed by atoms with Crippen molar-refractivity contribution in [3.05, 3.63) is 84.9 Å². The molecule has 0 amide bonds. The molecular weight excluding hydrogens is 288 g/mol. The van der Waals surface area contributed by atoms with Gasteiger partial charge in [0.1, 0.15) is 0 Å². The predicted octanol–water partition coefficient (Wildman–Crippen LogP) is 6.65. The summed E-state index contributed by atoms with van der Waals surface area (Å²) in [5.41, 5.74) is 13.8. The van der Waals surface area contributed by atoms with Gasteiger partial charge in [-0.05, 0) is 55.6 Å². The van der Waals surface area contributed by atoms with Gasteiger partial charge in [0.2, 0.25) is 0 Å². The Labute approximate surface area is 141 Å². The molecule has 24 heavy (non-hydrogen) atoms. The van der Waals surface area contributed by atoms with Crippen LogP contribution in [0.4, 0.5) is 0 Å². The van der Waals surface area contributed by atoms with Gasteiger partial charge in [0, 0.05) is 0 Å². The third-order valence-electron chi connectivity index (χ3n) is 5.39. The van der Waals surface area contributed by atoms with E-state index in [2.05, 4.69) is 84.9 Å². The zero-order valence-corrected chi connectivity index (χ0v) is 13.1. The Morgan fingerprint density at radius 1 is 0.250 bits per heavy atom. The van der Waals surface area contributed by atoms with E-state index in [0.717, 1.165) is 0 Å². The Hall–Kier alpha value is -3.12. The van der Waals surface area contributed by atoms with Gasteiger partial charge in [-0.2, -0.15) is 0 Å². The van der Waals surface area contributed by atoms with Gasteiger partial charge in [-0.3, -0.25) is 0 Å². The predicted molar refractivity (Wildman–Crippen MR) is 101 cm³/mol. The van der Waals surface area contributed by atoms with E-state index in [4.69, 9.17) is 0 Å². The molecule has 110 valence electrons. The van der Waals surface area contributed by atoms with Gasteiger partial charge in [-0.1, -0.05) is 84.9 Å². The van der Waals surface area contributed by atoms with Crippen LogP contribution in [0.3, 0.4) is 0 Å². The first kappa shape index (κ1) is 12.3. The van der Waals surface area contributed by atoms with Crippen molar-refractivity contribution in [3.8, 4) is 55.6 Å². The fourth-order valence-corrected chi connectivity index (χ4v) is 4.33. The van der Waals surface area contributed by atoms with E-state index < -0.39 is 0 Å². The molecule has 2 aliphatic rings. The second kappa shape index (κ2) is 4.24. The molecule has 0 fully saturated rings. The van der Waals surface area contributed by atoms with Crippen LogP contribution < -0.4 is 0 Å². The maximum Gasteiger partial charge on any atom is -0.00201 e. The van der Waals surface area contributed by atoms with Crippen LogP contribution in [0.15, 0.2) is 84.9 Å². The Kier molecular flexibility index (Phi) is 2.18. The van der Waals surface area contributed by atoms with Gasteiger partial charge in [0.05, 0.1) is 0 Å². The first-order valence-electron chi connectivity index (χ1n) is 8.39. The van der Waals surface area contributed by atoms with Crippen LogP contribution in [0.2, 0.25) is 0 Å². The standard InChI is InChI=1S/C24H14/c1-3-9-17-15(7-1)19-11-5-13-21(23(17)19)22-14-6-12-20-16-8-2-4-10-18(16)24(20)22/h1-14H. The molecule has 0 unspecified atom stereocenters. The van der Waals surface area contributed by atoms with Crippen molar-refractivity contribution in [1.29, 1.82) is 0 Å². The van der Waals surface area contributed by atoms with Crippen LogP contribution in [0, 0.1) is 0 Å². The van der Waals surface area contributed by atoms with Crippen molar-refractivity contribution in [2.45, 2.75) is 0 Å². The highest BCUT2D eigenvalue weighted by atomic mass is 14.3. The Morgan fingerprint density at radius 2 is 0.542 bits per heavy atom. The van der Waals surface area contributed by atoms with E-state index in [9.17, 15) is 0 Å². The second-order valence-electron chi connectivity index (χ2n) is 6.55. The maximum absolute atomic E-state index is 2.27. The Morgan fingerprint density at radius 3 is 0.958 bits per heavy atom. The lowest BCUT2D eigenvalue weighted by atomic mass is 9.72. The van der Waals surface area contributed by atoms with E-state index in [1.54, 1.807) is 0 Å². The van der Waals surface area contributed by atoms with Crippen molar-refractivity contribution in [2.24, 2.45) is 0 Å². The average molecular weight is 302 g/mol. The van der Waals surface area contributed by atoms with E-state index in [-0.39, 0.29) is 0 Å². The van der Waals surface area contributed by atoms with E-state index in [1.165, 1.54) is 55.6 Å². The molecule has 2 aliphatic carbocycles. The summed E-state index contributed by atoms with van der Waals surface area (Å²) in [4.78, 5) is 0. The first-order chi connectivity index (χ1) is 11.9. The minimum atomic E-state index is 1.36. The molecule has 0 N–H and O–H groups in total. The summed E-state index contributed by atoms with van der Waals surface area (Å²) in [5, 5.41) is 0. The zero-order chi connectivity index (χ0) is 15.7. The Balaban J connectivity index is 1.63. The molecule has 0 aromatic heterocycles. The van der Waals surface area contributed by atoms with Gasteiger partial charge in [0.15, 0.2) is 0 Å². The monoisotopic (exact) mass is 302 g/mol. The van der Waals surface area contributed by atoms with Crippen LogP contribution in [-0.2, 0) is 0 Å². The highest BCUT2D eigenvalue weighted by Crippen LogP contribution is 2.56. The fraction of sp³-hybridized carbons (Fsp3) is 0. The average Bonchev–Trinajstić information content (AvgIpc) is 2.63. The minimum absolute atomic E-state index is 1.36. The van der Waals surface area contributed by atoms with Crippen molar-refractivity contribution in [2.75, 3.05) is 0 Å². The lowest BCUT2D eigenvalue weighted by Crippen LogP contribution is -2.04. The summed E-state index contributed by atoms with van der Waals surface area (Å²) in [7, 11) is 0. The van der Waals surface area contributed by atoms with Crippen molar-refractivity contribution in [3.63, 3.8) is 0 Å². The molecule has 0 bridgehead atoms. The number of fused-ring (bicyclic) bond motifs is 8.